The van der Waals surface area contributed by atoms with E-state index in [0.717, 1.165) is 203 Å². The first-order chi connectivity index (χ1) is 61.4. The van der Waals surface area contributed by atoms with Gasteiger partial charge in [0.25, 0.3) is 0 Å². The van der Waals surface area contributed by atoms with Gasteiger partial charge in [0.15, 0.2) is 34.9 Å². The molecule has 574 valence electrons. The zero-order valence-electron chi connectivity index (χ0n) is 66.5. The van der Waals surface area contributed by atoms with Crippen LogP contribution in [-0.4, -0.2) is 39.0 Å². The number of nitrogens with zero attached hydrogens (tertiary/aromatic N) is 8. The Labute approximate surface area is 708 Å². The van der Waals surface area contributed by atoms with Crippen molar-refractivity contribution in [1.29, 1.82) is 0 Å². The molecule has 0 radical (unpaired) electrons. The molecule has 0 unspecified atom stereocenters. The van der Waals surface area contributed by atoms with E-state index in [4.69, 9.17) is 38.7 Å². The first kappa shape index (κ1) is 69.2. The summed E-state index contributed by atoms with van der Waals surface area (Å²) in [6, 6.07) is 143. The van der Waals surface area contributed by atoms with Gasteiger partial charge in [-0.25, -0.2) is 29.9 Å². The van der Waals surface area contributed by atoms with Gasteiger partial charge >= 0.3 is 0 Å². The SMILES string of the molecule is c1ccc(-c2ccc(-c3nc(-c4ccc5c(ccc6cc(-c7cccc8c7oc7cc(-c9nc(-c%10cccc(-c%11ccccc%11)c%10)nc(-c%10ccc%11c(ccc%12ccccc%12%11)c%10)n9)c(-n9c%10ccccc%10c%10cc%11ccccc%11cc%109)cc78)ccc65)c4)nc(-c4cc5oc6ccccc6c5cc4-n4c5ccccc5c5cc6ccccc6cc54)n3)cc2)cc1. The van der Waals surface area contributed by atoms with Crippen molar-refractivity contribution in [3.8, 4) is 113 Å². The first-order valence-electron chi connectivity index (χ1n) is 41.9. The van der Waals surface area contributed by atoms with E-state index >= 15 is 0 Å². The molecule has 0 N–H and O–H groups in total. The van der Waals surface area contributed by atoms with Crippen LogP contribution >= 0.6 is 0 Å². The second-order valence-electron chi connectivity index (χ2n) is 32.4. The Morgan fingerprint density at radius 2 is 0.532 bits per heavy atom. The molecule has 6 aromatic heterocycles. The lowest BCUT2D eigenvalue weighted by atomic mass is 9.95. The Kier molecular flexibility index (Phi) is 15.3. The third-order valence-electron chi connectivity index (χ3n) is 25.3. The molecular formula is C114H66N8O2. The summed E-state index contributed by atoms with van der Waals surface area (Å²) in [6.07, 6.45) is 0. The topological polar surface area (TPSA) is 113 Å². The lowest BCUT2D eigenvalue weighted by Crippen LogP contribution is -2.04. The first-order valence-corrected chi connectivity index (χ1v) is 41.9. The molecule has 0 aliphatic heterocycles. The minimum atomic E-state index is 0.506. The predicted octanol–water partition coefficient (Wildman–Crippen LogP) is 30.0. The van der Waals surface area contributed by atoms with Crippen LogP contribution in [0.5, 0.6) is 0 Å². The Morgan fingerprint density at radius 3 is 1.10 bits per heavy atom. The van der Waals surface area contributed by atoms with Crippen LogP contribution in [0, 0.1) is 0 Å². The highest BCUT2D eigenvalue weighted by Crippen LogP contribution is 2.48. The zero-order chi connectivity index (χ0) is 81.2. The van der Waals surface area contributed by atoms with Gasteiger partial charge in [-0.2, -0.15) is 0 Å². The highest BCUT2D eigenvalue weighted by atomic mass is 16.3. The van der Waals surface area contributed by atoms with E-state index in [2.05, 4.69) is 385 Å². The zero-order valence-corrected chi connectivity index (χ0v) is 66.5. The molecule has 0 fully saturated rings. The molecule has 0 saturated carbocycles. The van der Waals surface area contributed by atoms with Crippen LogP contribution in [0.1, 0.15) is 0 Å². The summed E-state index contributed by atoms with van der Waals surface area (Å²) in [5.41, 5.74) is 20.5. The lowest BCUT2D eigenvalue weighted by Gasteiger charge is -2.16. The average Bonchev–Trinajstić information content (AvgIpc) is 1.59. The van der Waals surface area contributed by atoms with Gasteiger partial charge in [0, 0.05) is 82.0 Å². The molecular weight excluding hydrogens is 1510 g/mol. The number of hydrogen-bond donors (Lipinski definition) is 0. The van der Waals surface area contributed by atoms with Crippen molar-refractivity contribution in [1.82, 2.24) is 39.0 Å². The molecule has 26 rings (SSSR count). The number of aromatic nitrogens is 8. The van der Waals surface area contributed by atoms with Crippen molar-refractivity contribution < 1.29 is 8.83 Å². The average molecular weight is 1580 g/mol. The van der Waals surface area contributed by atoms with E-state index in [-0.39, 0.29) is 0 Å². The van der Waals surface area contributed by atoms with Crippen LogP contribution < -0.4 is 0 Å². The molecule has 0 spiro atoms. The highest BCUT2D eigenvalue weighted by molar-refractivity contribution is 6.19. The smallest absolute Gasteiger partial charge is 0.166 e. The molecule has 0 aliphatic rings. The summed E-state index contributed by atoms with van der Waals surface area (Å²) in [4.78, 5) is 33.2. The van der Waals surface area contributed by atoms with Crippen molar-refractivity contribution >= 4 is 152 Å². The van der Waals surface area contributed by atoms with Crippen LogP contribution in [-0.2, 0) is 0 Å². The van der Waals surface area contributed by atoms with E-state index in [0.29, 0.717) is 40.5 Å². The van der Waals surface area contributed by atoms with Crippen LogP contribution in [0.3, 0.4) is 0 Å². The fraction of sp³-hybridized carbons (Fsp3) is 0. The van der Waals surface area contributed by atoms with Gasteiger partial charge in [-0.3, -0.25) is 0 Å². The molecule has 20 aromatic carbocycles. The number of rotatable bonds is 11. The predicted molar refractivity (Wildman–Crippen MR) is 510 cm³/mol. The van der Waals surface area contributed by atoms with E-state index in [1.54, 1.807) is 0 Å². The second-order valence-corrected chi connectivity index (χ2v) is 32.4. The van der Waals surface area contributed by atoms with Gasteiger partial charge in [-0.1, -0.05) is 309 Å². The number of benzene rings is 20. The molecule has 0 amide bonds. The van der Waals surface area contributed by atoms with E-state index in [1.807, 2.05) is 24.3 Å². The van der Waals surface area contributed by atoms with Crippen molar-refractivity contribution in [3.63, 3.8) is 0 Å². The number of fused-ring (bicyclic) bond motifs is 20. The standard InChI is InChI=1S/C114H66N8O2/c1-3-21-67(22-4-1)69-41-44-71(45-42-69)109-115-111(119-113(117-109)97-65-106-95(91-35-15-18-40-105(91)123-106)63-103(97)121-99-38-16-13-33-89(99)93-59-73-26-7-9-28-75(73)61-101(93)121)82-51-54-87-79(58-82)48-47-77-56-80(49-52-86(77)87)88-36-20-37-92-96-64-104(122-100-39-17-14-34-90(100)94-60-74-27-8-10-29-76(74)62-102(94)122)98(66-107(96)124-108(88)92)114-118-110(81-31-19-30-72(55-81)68-23-5-2-6-24-68)116-112(120-114)83-50-53-85-78(57-83)46-43-70-25-11-12-32-84(70)85/h1-66H. The third-order valence-corrected chi connectivity index (χ3v) is 25.3. The molecule has 124 heavy (non-hydrogen) atoms. The minimum absolute atomic E-state index is 0.506. The molecule has 26 aromatic rings. The van der Waals surface area contributed by atoms with Crippen LogP contribution in [0.4, 0.5) is 0 Å². The lowest BCUT2D eigenvalue weighted by molar-refractivity contribution is 0.669. The summed E-state index contributed by atoms with van der Waals surface area (Å²) < 4.78 is 19.0. The maximum Gasteiger partial charge on any atom is 0.166 e. The summed E-state index contributed by atoms with van der Waals surface area (Å²) >= 11 is 0. The Bertz CT molecular complexity index is 9010. The highest BCUT2D eigenvalue weighted by Gasteiger charge is 2.28. The summed E-state index contributed by atoms with van der Waals surface area (Å²) in [5.74, 6) is 3.21. The van der Waals surface area contributed by atoms with Crippen molar-refractivity contribution in [2.45, 2.75) is 0 Å². The summed E-state index contributed by atoms with van der Waals surface area (Å²) in [6.45, 7) is 0. The van der Waals surface area contributed by atoms with Crippen LogP contribution in [0.25, 0.3) is 265 Å². The van der Waals surface area contributed by atoms with Gasteiger partial charge in [-0.05, 0) is 183 Å². The normalized spacial score (nSPS) is 12.0. The molecule has 0 saturated heterocycles. The Hall–Kier alpha value is -16.8. The maximum atomic E-state index is 7.42. The molecule has 6 heterocycles. The van der Waals surface area contributed by atoms with Gasteiger partial charge in [0.2, 0.25) is 0 Å². The maximum absolute atomic E-state index is 7.42. The molecule has 0 aliphatic carbocycles. The largest absolute Gasteiger partial charge is 0.456 e. The van der Waals surface area contributed by atoms with Crippen molar-refractivity contribution in [2.75, 3.05) is 0 Å². The van der Waals surface area contributed by atoms with Gasteiger partial charge in [-0.15, -0.1) is 0 Å². The molecule has 10 nitrogen and oxygen atoms in total. The quantitative estimate of drug-likeness (QED) is 0.118. The Balaban J connectivity index is 0.632. The monoisotopic (exact) mass is 1580 g/mol. The van der Waals surface area contributed by atoms with E-state index in [1.165, 1.54) is 21.5 Å². The van der Waals surface area contributed by atoms with Crippen molar-refractivity contribution in [2.24, 2.45) is 0 Å². The minimum Gasteiger partial charge on any atom is -0.456 e. The van der Waals surface area contributed by atoms with E-state index in [9.17, 15) is 0 Å². The van der Waals surface area contributed by atoms with Crippen LogP contribution in [0.15, 0.2) is 409 Å². The van der Waals surface area contributed by atoms with Gasteiger partial charge in [0.1, 0.15) is 22.3 Å². The molecule has 0 atom stereocenters. The Morgan fingerprint density at radius 1 is 0.161 bits per heavy atom. The number of furan rings is 2. The molecule has 10 heteroatoms. The van der Waals surface area contributed by atoms with Crippen LogP contribution in [0.2, 0.25) is 0 Å². The molecule has 0 bridgehead atoms. The van der Waals surface area contributed by atoms with E-state index < -0.39 is 0 Å². The number of para-hydroxylation sites is 4. The second kappa shape index (κ2) is 27.4. The fourth-order valence-electron chi connectivity index (χ4n) is 19.3. The van der Waals surface area contributed by atoms with Crippen molar-refractivity contribution in [3.05, 3.63) is 400 Å². The number of hydrogen-bond acceptors (Lipinski definition) is 8. The van der Waals surface area contributed by atoms with Gasteiger partial charge < -0.3 is 18.0 Å². The summed E-state index contributed by atoms with van der Waals surface area (Å²) in [7, 11) is 0. The third kappa shape index (κ3) is 11.1. The van der Waals surface area contributed by atoms with Gasteiger partial charge in [0.05, 0.1) is 33.4 Å². The summed E-state index contributed by atoms with van der Waals surface area (Å²) in [5, 5.41) is 22.2. The fourth-order valence-corrected chi connectivity index (χ4v) is 19.3.